The molecule has 1 aromatic rings. The zero-order valence-corrected chi connectivity index (χ0v) is 11.5. The fourth-order valence-electron chi connectivity index (χ4n) is 1.26. The summed E-state index contributed by atoms with van der Waals surface area (Å²) >= 11 is 3.29. The minimum atomic E-state index is -3.54. The molecule has 0 bridgehead atoms. The predicted octanol–water partition coefficient (Wildman–Crippen LogP) is 1.30. The first-order valence-corrected chi connectivity index (χ1v) is 7.35. The van der Waals surface area contributed by atoms with Crippen LogP contribution in [0, 0.1) is 0 Å². The van der Waals surface area contributed by atoms with E-state index in [1.807, 2.05) is 0 Å². The summed E-state index contributed by atoms with van der Waals surface area (Å²) in [7, 11) is -3.54. The van der Waals surface area contributed by atoms with E-state index in [1.54, 1.807) is 24.3 Å². The third-order valence-corrected chi connectivity index (χ3v) is 4.06. The highest BCUT2D eigenvalue weighted by molar-refractivity contribution is 9.10. The van der Waals surface area contributed by atoms with Crippen molar-refractivity contribution in [3.63, 3.8) is 0 Å². The number of halogens is 1. The molecular formula is C10H12BrNO4S. The van der Waals surface area contributed by atoms with Gasteiger partial charge in [0.05, 0.1) is 6.26 Å². The van der Waals surface area contributed by atoms with Gasteiger partial charge in [-0.1, -0.05) is 34.1 Å². The van der Waals surface area contributed by atoms with Gasteiger partial charge in [0.25, 0.3) is 0 Å². The third-order valence-electron chi connectivity index (χ3n) is 2.09. The largest absolute Gasteiger partial charge is 0.480 e. The fraction of sp³-hybridized carbons (Fsp3) is 0.300. The van der Waals surface area contributed by atoms with Gasteiger partial charge in [-0.3, -0.25) is 4.79 Å². The van der Waals surface area contributed by atoms with Gasteiger partial charge >= 0.3 is 5.97 Å². The van der Waals surface area contributed by atoms with Gasteiger partial charge in [0.2, 0.25) is 10.0 Å². The maximum atomic E-state index is 11.4. The molecule has 0 aliphatic carbocycles. The summed E-state index contributed by atoms with van der Waals surface area (Å²) in [5.41, 5.74) is 0.721. The van der Waals surface area contributed by atoms with Crippen molar-refractivity contribution in [2.75, 3.05) is 12.8 Å². The lowest BCUT2D eigenvalue weighted by Crippen LogP contribution is -2.34. The SMILES string of the molecule is CS(=O)(=O)N(CC(=O)O)Cc1ccccc1Br. The molecule has 5 nitrogen and oxygen atoms in total. The second-order valence-electron chi connectivity index (χ2n) is 3.52. The minimum absolute atomic E-state index is 0.0343. The summed E-state index contributed by atoms with van der Waals surface area (Å²) in [5.74, 6) is -1.18. The van der Waals surface area contributed by atoms with Gasteiger partial charge in [-0.2, -0.15) is 4.31 Å². The summed E-state index contributed by atoms with van der Waals surface area (Å²) in [6, 6.07) is 7.08. The van der Waals surface area contributed by atoms with Crippen LogP contribution in [0.5, 0.6) is 0 Å². The van der Waals surface area contributed by atoms with Crippen LogP contribution >= 0.6 is 15.9 Å². The summed E-state index contributed by atoms with van der Waals surface area (Å²) in [4.78, 5) is 10.6. The van der Waals surface area contributed by atoms with Gasteiger partial charge in [-0.15, -0.1) is 0 Å². The van der Waals surface area contributed by atoms with E-state index < -0.39 is 22.5 Å². The fourth-order valence-corrected chi connectivity index (χ4v) is 2.39. The lowest BCUT2D eigenvalue weighted by Gasteiger charge is -2.18. The van der Waals surface area contributed by atoms with E-state index in [-0.39, 0.29) is 6.54 Å². The first-order chi connectivity index (χ1) is 7.80. The molecular weight excluding hydrogens is 310 g/mol. The zero-order valence-electron chi connectivity index (χ0n) is 9.13. The van der Waals surface area contributed by atoms with Crippen LogP contribution in [0.2, 0.25) is 0 Å². The normalized spacial score (nSPS) is 11.7. The number of carboxylic acids is 1. The van der Waals surface area contributed by atoms with Crippen molar-refractivity contribution in [1.82, 2.24) is 4.31 Å². The van der Waals surface area contributed by atoms with E-state index in [9.17, 15) is 13.2 Å². The molecule has 7 heteroatoms. The Bertz CT molecular complexity index is 515. The number of hydrogen-bond acceptors (Lipinski definition) is 3. The van der Waals surface area contributed by atoms with Crippen LogP contribution in [0.3, 0.4) is 0 Å². The first kappa shape index (κ1) is 14.1. The van der Waals surface area contributed by atoms with Crippen LogP contribution < -0.4 is 0 Å². The number of carbonyl (C=O) groups is 1. The quantitative estimate of drug-likeness (QED) is 0.886. The van der Waals surface area contributed by atoms with Gasteiger partial charge < -0.3 is 5.11 Å². The Morgan fingerprint density at radius 1 is 1.41 bits per heavy atom. The van der Waals surface area contributed by atoms with Gasteiger partial charge in [-0.25, -0.2) is 8.42 Å². The van der Waals surface area contributed by atoms with E-state index in [1.165, 1.54) is 0 Å². The molecule has 0 saturated heterocycles. The molecule has 1 rings (SSSR count). The number of rotatable bonds is 5. The maximum absolute atomic E-state index is 11.4. The molecule has 0 unspecified atom stereocenters. The lowest BCUT2D eigenvalue weighted by atomic mass is 10.2. The first-order valence-electron chi connectivity index (χ1n) is 4.71. The van der Waals surface area contributed by atoms with E-state index in [0.717, 1.165) is 20.6 Å². The average Bonchev–Trinajstić information content (AvgIpc) is 2.18. The Balaban J connectivity index is 2.95. The molecule has 0 spiro atoms. The molecule has 0 radical (unpaired) electrons. The summed E-state index contributed by atoms with van der Waals surface area (Å²) in [6.07, 6.45) is 0.993. The predicted molar refractivity (Wildman–Crippen MR) is 67.0 cm³/mol. The van der Waals surface area contributed by atoms with Crippen molar-refractivity contribution in [2.45, 2.75) is 6.54 Å². The summed E-state index contributed by atoms with van der Waals surface area (Å²) in [6.45, 7) is -0.507. The molecule has 0 amide bonds. The van der Waals surface area contributed by atoms with Gasteiger partial charge in [-0.05, 0) is 11.6 Å². The molecule has 0 aromatic heterocycles. The molecule has 0 atom stereocenters. The molecule has 0 aliphatic rings. The van der Waals surface area contributed by atoms with Crippen molar-refractivity contribution in [3.8, 4) is 0 Å². The number of sulfonamides is 1. The molecule has 0 heterocycles. The van der Waals surface area contributed by atoms with Crippen LogP contribution in [0.15, 0.2) is 28.7 Å². The number of benzene rings is 1. The second-order valence-corrected chi connectivity index (χ2v) is 6.35. The number of hydrogen-bond donors (Lipinski definition) is 1. The zero-order chi connectivity index (χ0) is 13.1. The minimum Gasteiger partial charge on any atom is -0.480 e. The third kappa shape index (κ3) is 4.45. The summed E-state index contributed by atoms with van der Waals surface area (Å²) in [5, 5.41) is 8.68. The van der Waals surface area contributed by atoms with Crippen molar-refractivity contribution >= 4 is 31.9 Å². The van der Waals surface area contributed by atoms with Gasteiger partial charge in [0.1, 0.15) is 6.54 Å². The maximum Gasteiger partial charge on any atom is 0.318 e. The van der Waals surface area contributed by atoms with Crippen molar-refractivity contribution in [2.24, 2.45) is 0 Å². The standard InChI is InChI=1S/C10H12BrNO4S/c1-17(15,16)12(7-10(13)14)6-8-4-2-3-5-9(8)11/h2-5H,6-7H2,1H3,(H,13,14). The van der Waals surface area contributed by atoms with Crippen molar-refractivity contribution in [3.05, 3.63) is 34.3 Å². The smallest absolute Gasteiger partial charge is 0.318 e. The Kier molecular flexibility index (Phi) is 4.67. The molecule has 1 N–H and O–H groups in total. The molecule has 17 heavy (non-hydrogen) atoms. The van der Waals surface area contributed by atoms with Crippen LogP contribution in [0.4, 0.5) is 0 Å². The van der Waals surface area contributed by atoms with Gasteiger partial charge in [0, 0.05) is 11.0 Å². The van der Waals surface area contributed by atoms with Crippen LogP contribution in [0.1, 0.15) is 5.56 Å². The molecule has 1 aromatic carbocycles. The lowest BCUT2D eigenvalue weighted by molar-refractivity contribution is -0.137. The number of aliphatic carboxylic acids is 1. The van der Waals surface area contributed by atoms with Crippen LogP contribution in [-0.2, 0) is 21.4 Å². The van der Waals surface area contributed by atoms with Crippen molar-refractivity contribution in [1.29, 1.82) is 0 Å². The highest BCUT2D eigenvalue weighted by atomic mass is 79.9. The van der Waals surface area contributed by atoms with E-state index in [0.29, 0.717) is 0 Å². The van der Waals surface area contributed by atoms with Crippen LogP contribution in [-0.4, -0.2) is 36.6 Å². The Labute approximate surface area is 108 Å². The van der Waals surface area contributed by atoms with E-state index >= 15 is 0 Å². The van der Waals surface area contributed by atoms with E-state index in [2.05, 4.69) is 15.9 Å². The highest BCUT2D eigenvalue weighted by Crippen LogP contribution is 2.18. The summed E-state index contributed by atoms with van der Waals surface area (Å²) < 4.78 is 24.5. The number of nitrogens with zero attached hydrogens (tertiary/aromatic N) is 1. The monoisotopic (exact) mass is 321 g/mol. The highest BCUT2D eigenvalue weighted by Gasteiger charge is 2.20. The van der Waals surface area contributed by atoms with Crippen molar-refractivity contribution < 1.29 is 18.3 Å². The molecule has 0 saturated carbocycles. The second kappa shape index (κ2) is 5.61. The average molecular weight is 322 g/mol. The van der Waals surface area contributed by atoms with E-state index in [4.69, 9.17) is 5.11 Å². The topological polar surface area (TPSA) is 74.7 Å². The van der Waals surface area contributed by atoms with Crippen LogP contribution in [0.25, 0.3) is 0 Å². The Hall–Kier alpha value is -0.920. The molecule has 0 aliphatic heterocycles. The number of carboxylic acid groups (broad SMARTS) is 1. The Morgan fingerprint density at radius 3 is 2.47 bits per heavy atom. The molecule has 94 valence electrons. The van der Waals surface area contributed by atoms with Gasteiger partial charge in [0.15, 0.2) is 0 Å². The Morgan fingerprint density at radius 2 is 2.00 bits per heavy atom. The molecule has 0 fully saturated rings.